The van der Waals surface area contributed by atoms with E-state index in [9.17, 15) is 14.9 Å². The molecule has 0 aliphatic carbocycles. The van der Waals surface area contributed by atoms with Crippen molar-refractivity contribution >= 4 is 33.2 Å². The molecule has 0 heterocycles. The molecule has 0 aliphatic heterocycles. The lowest BCUT2D eigenvalue weighted by atomic mass is 10.1. The van der Waals surface area contributed by atoms with Gasteiger partial charge in [-0.1, -0.05) is 34.1 Å². The van der Waals surface area contributed by atoms with Crippen molar-refractivity contribution in [3.8, 4) is 0 Å². The molecule has 0 saturated carbocycles. The average molecular weight is 376 g/mol. The Morgan fingerprint density at radius 1 is 1.22 bits per heavy atom. The maximum atomic E-state index is 12.2. The summed E-state index contributed by atoms with van der Waals surface area (Å²) in [5.41, 5.74) is 4.38. The van der Waals surface area contributed by atoms with E-state index >= 15 is 0 Å². The van der Waals surface area contributed by atoms with Crippen molar-refractivity contribution in [2.75, 3.05) is 0 Å². The van der Waals surface area contributed by atoms with Gasteiger partial charge in [0, 0.05) is 16.1 Å². The molecule has 2 aromatic rings. The van der Waals surface area contributed by atoms with Crippen molar-refractivity contribution in [3.63, 3.8) is 0 Å². The van der Waals surface area contributed by atoms with Crippen LogP contribution in [0.3, 0.4) is 0 Å². The van der Waals surface area contributed by atoms with Crippen LogP contribution in [-0.2, 0) is 0 Å². The van der Waals surface area contributed by atoms with Gasteiger partial charge in [-0.05, 0) is 37.6 Å². The number of nitrogens with zero attached hydrogens (tertiary/aromatic N) is 2. The van der Waals surface area contributed by atoms with Gasteiger partial charge in [0.2, 0.25) is 0 Å². The second-order valence-electron chi connectivity index (χ2n) is 4.85. The number of carbonyl (C=O) groups is 1. The Balaban J connectivity index is 2.19. The number of halogens is 1. The molecule has 0 radical (unpaired) electrons. The third-order valence-electron chi connectivity index (χ3n) is 3.33. The number of benzene rings is 2. The van der Waals surface area contributed by atoms with Crippen molar-refractivity contribution in [1.82, 2.24) is 5.43 Å². The Bertz CT molecular complexity index is 786. The summed E-state index contributed by atoms with van der Waals surface area (Å²) < 4.78 is 0.949. The van der Waals surface area contributed by atoms with Crippen LogP contribution in [0.25, 0.3) is 0 Å². The second-order valence-corrected chi connectivity index (χ2v) is 5.77. The highest BCUT2D eigenvalue weighted by Crippen LogP contribution is 2.21. The third kappa shape index (κ3) is 4.01. The molecule has 2 aromatic carbocycles. The minimum Gasteiger partial charge on any atom is -0.267 e. The molecule has 0 aliphatic rings. The lowest BCUT2D eigenvalue weighted by Crippen LogP contribution is -2.20. The highest BCUT2D eigenvalue weighted by Gasteiger charge is 2.17. The predicted molar refractivity (Wildman–Crippen MR) is 91.7 cm³/mol. The summed E-state index contributed by atoms with van der Waals surface area (Å²) in [4.78, 5) is 22.6. The lowest BCUT2D eigenvalue weighted by molar-refractivity contribution is -0.385. The number of nitro benzene ring substituents is 1. The minimum absolute atomic E-state index is 0.0914. The molecule has 118 valence electrons. The topological polar surface area (TPSA) is 84.6 Å². The van der Waals surface area contributed by atoms with Gasteiger partial charge in [0.05, 0.1) is 16.2 Å². The maximum absolute atomic E-state index is 12.2. The average Bonchev–Trinajstić information content (AvgIpc) is 2.53. The van der Waals surface area contributed by atoms with Gasteiger partial charge in [-0.3, -0.25) is 14.9 Å². The Labute approximate surface area is 141 Å². The number of carbonyl (C=O) groups excluding carboxylic acids is 1. The summed E-state index contributed by atoms with van der Waals surface area (Å²) in [7, 11) is 0. The first-order chi connectivity index (χ1) is 10.9. The van der Waals surface area contributed by atoms with Crippen molar-refractivity contribution < 1.29 is 9.72 Å². The monoisotopic (exact) mass is 375 g/mol. The molecule has 0 spiro atoms. The molecule has 2 rings (SSSR count). The summed E-state index contributed by atoms with van der Waals surface area (Å²) >= 11 is 3.35. The SMILES string of the molecule is C/C(=N/NC(=O)c1cccc([N+](=O)[O-])c1C)c1ccc(Br)cc1. The van der Waals surface area contributed by atoms with Gasteiger partial charge < -0.3 is 0 Å². The zero-order valence-corrected chi connectivity index (χ0v) is 14.1. The number of hydrazone groups is 1. The second kappa shape index (κ2) is 7.15. The van der Waals surface area contributed by atoms with Crippen LogP contribution >= 0.6 is 15.9 Å². The van der Waals surface area contributed by atoms with Crippen LogP contribution in [0, 0.1) is 17.0 Å². The van der Waals surface area contributed by atoms with E-state index in [1.165, 1.54) is 18.2 Å². The summed E-state index contributed by atoms with van der Waals surface area (Å²) in [6.07, 6.45) is 0. The summed E-state index contributed by atoms with van der Waals surface area (Å²) in [5.74, 6) is -0.484. The maximum Gasteiger partial charge on any atom is 0.273 e. The van der Waals surface area contributed by atoms with Crippen LogP contribution < -0.4 is 5.43 Å². The van der Waals surface area contributed by atoms with Gasteiger partial charge in [-0.25, -0.2) is 5.43 Å². The molecular formula is C16H14BrN3O3. The number of amides is 1. The van der Waals surface area contributed by atoms with Crippen LogP contribution in [0.5, 0.6) is 0 Å². The van der Waals surface area contributed by atoms with Crippen LogP contribution in [0.1, 0.15) is 28.4 Å². The minimum atomic E-state index is -0.511. The van der Waals surface area contributed by atoms with Gasteiger partial charge in [-0.2, -0.15) is 5.10 Å². The highest BCUT2D eigenvalue weighted by molar-refractivity contribution is 9.10. The Hall–Kier alpha value is -2.54. The van der Waals surface area contributed by atoms with E-state index in [1.54, 1.807) is 13.8 Å². The van der Waals surface area contributed by atoms with Crippen LogP contribution in [0.4, 0.5) is 5.69 Å². The van der Waals surface area contributed by atoms with Crippen molar-refractivity contribution in [1.29, 1.82) is 0 Å². The van der Waals surface area contributed by atoms with Crippen LogP contribution in [0.15, 0.2) is 52.0 Å². The standard InChI is InChI=1S/C16H14BrN3O3/c1-10-14(4-3-5-15(10)20(22)23)16(21)19-18-11(2)12-6-8-13(17)9-7-12/h3-9H,1-2H3,(H,19,21)/b18-11-. The normalized spacial score (nSPS) is 11.2. The van der Waals surface area contributed by atoms with Crippen molar-refractivity contribution in [2.45, 2.75) is 13.8 Å². The first-order valence-electron chi connectivity index (χ1n) is 6.74. The Morgan fingerprint density at radius 3 is 2.48 bits per heavy atom. The summed E-state index contributed by atoms with van der Waals surface area (Å²) in [6.45, 7) is 3.31. The molecular weight excluding hydrogens is 362 g/mol. The summed E-state index contributed by atoms with van der Waals surface area (Å²) in [6, 6.07) is 11.9. The number of nitro groups is 1. The fraction of sp³-hybridized carbons (Fsp3) is 0.125. The fourth-order valence-corrected chi connectivity index (χ4v) is 2.28. The fourth-order valence-electron chi connectivity index (χ4n) is 2.02. The number of hydrogen-bond donors (Lipinski definition) is 1. The van der Waals surface area contributed by atoms with E-state index in [1.807, 2.05) is 24.3 Å². The molecule has 0 saturated heterocycles. The molecule has 0 atom stereocenters. The Kier molecular flexibility index (Phi) is 5.23. The molecule has 6 nitrogen and oxygen atoms in total. The van der Waals surface area contributed by atoms with Crippen LogP contribution in [-0.4, -0.2) is 16.5 Å². The molecule has 0 unspecified atom stereocenters. The highest BCUT2D eigenvalue weighted by atomic mass is 79.9. The number of rotatable bonds is 4. The quantitative estimate of drug-likeness (QED) is 0.500. The molecule has 0 fully saturated rings. The van der Waals surface area contributed by atoms with Crippen molar-refractivity contribution in [2.24, 2.45) is 5.10 Å². The zero-order valence-electron chi connectivity index (χ0n) is 12.5. The number of hydrogen-bond acceptors (Lipinski definition) is 4. The first kappa shape index (κ1) is 16.8. The lowest BCUT2D eigenvalue weighted by Gasteiger charge is -2.06. The van der Waals surface area contributed by atoms with Gasteiger partial charge in [0.1, 0.15) is 0 Å². The van der Waals surface area contributed by atoms with E-state index in [0.717, 1.165) is 10.0 Å². The molecule has 23 heavy (non-hydrogen) atoms. The predicted octanol–water partition coefficient (Wildman–Crippen LogP) is 3.82. The van der Waals surface area contributed by atoms with E-state index in [2.05, 4.69) is 26.5 Å². The summed E-state index contributed by atoms with van der Waals surface area (Å²) in [5, 5.41) is 15.0. The Morgan fingerprint density at radius 2 is 1.87 bits per heavy atom. The van der Waals surface area contributed by atoms with Gasteiger partial charge in [0.25, 0.3) is 11.6 Å². The van der Waals surface area contributed by atoms with Crippen molar-refractivity contribution in [3.05, 3.63) is 73.7 Å². The van der Waals surface area contributed by atoms with Gasteiger partial charge in [-0.15, -0.1) is 0 Å². The zero-order chi connectivity index (χ0) is 17.0. The van der Waals surface area contributed by atoms with Gasteiger partial charge >= 0.3 is 0 Å². The molecule has 7 heteroatoms. The smallest absolute Gasteiger partial charge is 0.267 e. The molecule has 1 amide bonds. The number of nitrogens with one attached hydrogen (secondary N) is 1. The van der Waals surface area contributed by atoms with E-state index in [4.69, 9.17) is 0 Å². The van der Waals surface area contributed by atoms with Gasteiger partial charge in [0.15, 0.2) is 0 Å². The molecule has 0 aromatic heterocycles. The molecule has 1 N–H and O–H groups in total. The molecule has 0 bridgehead atoms. The van der Waals surface area contributed by atoms with E-state index in [0.29, 0.717) is 11.3 Å². The van der Waals surface area contributed by atoms with Crippen LogP contribution in [0.2, 0.25) is 0 Å². The largest absolute Gasteiger partial charge is 0.273 e. The first-order valence-corrected chi connectivity index (χ1v) is 7.54. The van der Waals surface area contributed by atoms with E-state index < -0.39 is 10.8 Å². The van der Waals surface area contributed by atoms with E-state index in [-0.39, 0.29) is 11.3 Å². The third-order valence-corrected chi connectivity index (χ3v) is 3.86.